The van der Waals surface area contributed by atoms with Crippen molar-refractivity contribution in [3.63, 3.8) is 0 Å². The predicted octanol–water partition coefficient (Wildman–Crippen LogP) is 3.05. The average molecular weight is 268 g/mol. The minimum Gasteiger partial charge on any atom is -0.307 e. The number of nitrogens with zero attached hydrogens (tertiary/aromatic N) is 3. The van der Waals surface area contributed by atoms with Crippen LogP contribution in [0, 0.1) is 6.92 Å². The molecule has 0 spiro atoms. The molecule has 1 saturated carbocycles. The van der Waals surface area contributed by atoms with Crippen LogP contribution in [-0.4, -0.2) is 21.0 Å². The lowest BCUT2D eigenvalue weighted by Crippen LogP contribution is -2.37. The van der Waals surface area contributed by atoms with Crippen LogP contribution in [0.4, 0.5) is 0 Å². The van der Waals surface area contributed by atoms with Crippen molar-refractivity contribution in [2.45, 2.75) is 45.2 Å². The number of nitrogens with one attached hydrogen (secondary N) is 1. The third-order valence-electron chi connectivity index (χ3n) is 4.01. The molecule has 2 aromatic rings. The van der Waals surface area contributed by atoms with Crippen LogP contribution >= 0.6 is 0 Å². The zero-order chi connectivity index (χ0) is 13.9. The normalized spacial score (nSPS) is 16.7. The second-order valence-electron chi connectivity index (χ2n) is 5.49. The van der Waals surface area contributed by atoms with Crippen molar-refractivity contribution in [3.8, 4) is 11.4 Å². The molecule has 4 heteroatoms. The molecule has 0 aliphatic heterocycles. The Kier molecular flexibility index (Phi) is 3.74. The van der Waals surface area contributed by atoms with Crippen molar-refractivity contribution in [3.05, 3.63) is 42.0 Å². The van der Waals surface area contributed by atoms with Gasteiger partial charge in [-0.05, 0) is 38.8 Å². The van der Waals surface area contributed by atoms with Crippen molar-refractivity contribution in [1.82, 2.24) is 20.3 Å². The lowest BCUT2D eigenvalue weighted by atomic mass is 9.92. The Morgan fingerprint density at radius 3 is 2.60 bits per heavy atom. The Bertz CT molecular complexity index is 578. The van der Waals surface area contributed by atoms with Gasteiger partial charge in [-0.1, -0.05) is 6.42 Å². The van der Waals surface area contributed by atoms with Gasteiger partial charge in [0.05, 0.1) is 0 Å². The van der Waals surface area contributed by atoms with Gasteiger partial charge in [0.2, 0.25) is 0 Å². The Balaban J connectivity index is 1.80. The summed E-state index contributed by atoms with van der Waals surface area (Å²) in [6.45, 7) is 4.25. The summed E-state index contributed by atoms with van der Waals surface area (Å²) in [6.07, 6.45) is 9.42. The Morgan fingerprint density at radius 2 is 2.00 bits per heavy atom. The van der Waals surface area contributed by atoms with Gasteiger partial charge in [-0.15, -0.1) is 0 Å². The molecule has 0 bridgehead atoms. The topological polar surface area (TPSA) is 50.7 Å². The molecule has 1 N–H and O–H groups in total. The molecule has 0 radical (unpaired) electrons. The van der Waals surface area contributed by atoms with E-state index in [0.717, 1.165) is 17.1 Å². The van der Waals surface area contributed by atoms with Crippen LogP contribution < -0.4 is 5.32 Å². The Morgan fingerprint density at radius 1 is 1.25 bits per heavy atom. The highest BCUT2D eigenvalue weighted by molar-refractivity contribution is 5.53. The summed E-state index contributed by atoms with van der Waals surface area (Å²) in [7, 11) is 0. The summed E-state index contributed by atoms with van der Waals surface area (Å²) < 4.78 is 0. The number of pyridine rings is 1. The molecule has 1 fully saturated rings. The van der Waals surface area contributed by atoms with Crippen LogP contribution in [0.2, 0.25) is 0 Å². The first-order valence-electron chi connectivity index (χ1n) is 7.24. The molecule has 2 aromatic heterocycles. The fraction of sp³-hybridized carbons (Fsp3) is 0.438. The monoisotopic (exact) mass is 268 g/mol. The van der Waals surface area contributed by atoms with E-state index in [0.29, 0.717) is 12.1 Å². The maximum atomic E-state index is 4.64. The van der Waals surface area contributed by atoms with Crippen molar-refractivity contribution in [1.29, 1.82) is 0 Å². The maximum Gasteiger partial charge on any atom is 0.159 e. The van der Waals surface area contributed by atoms with Gasteiger partial charge >= 0.3 is 0 Å². The van der Waals surface area contributed by atoms with Crippen LogP contribution in [0.15, 0.2) is 30.7 Å². The van der Waals surface area contributed by atoms with E-state index in [1.807, 2.05) is 18.3 Å². The summed E-state index contributed by atoms with van der Waals surface area (Å²) in [4.78, 5) is 13.2. The number of aryl methyl sites for hydroxylation is 1. The molecule has 1 aliphatic carbocycles. The van der Waals surface area contributed by atoms with Gasteiger partial charge in [0.15, 0.2) is 5.82 Å². The van der Waals surface area contributed by atoms with E-state index < -0.39 is 0 Å². The first-order valence-corrected chi connectivity index (χ1v) is 7.24. The van der Waals surface area contributed by atoms with E-state index in [1.165, 1.54) is 24.8 Å². The molecule has 1 atom stereocenters. The minimum atomic E-state index is 0.312. The largest absolute Gasteiger partial charge is 0.307 e. The first-order chi connectivity index (χ1) is 9.74. The summed E-state index contributed by atoms with van der Waals surface area (Å²) in [6, 6.07) is 4.85. The van der Waals surface area contributed by atoms with Crippen LogP contribution in [0.3, 0.4) is 0 Å². The van der Waals surface area contributed by atoms with E-state index in [-0.39, 0.29) is 0 Å². The SMILES string of the molecule is Cc1nc(-c2ccncc2)ncc1C(C)NC1CCC1. The summed E-state index contributed by atoms with van der Waals surface area (Å²) in [5.41, 5.74) is 3.25. The minimum absolute atomic E-state index is 0.312. The van der Waals surface area contributed by atoms with Crippen molar-refractivity contribution < 1.29 is 0 Å². The molecule has 4 nitrogen and oxygen atoms in total. The highest BCUT2D eigenvalue weighted by atomic mass is 15.0. The number of aromatic nitrogens is 3. The predicted molar refractivity (Wildman–Crippen MR) is 79.2 cm³/mol. The quantitative estimate of drug-likeness (QED) is 0.926. The Hall–Kier alpha value is -1.81. The standard InChI is InChI=1S/C16H20N4/c1-11(19-14-4-3-5-14)15-10-18-16(20-12(15)2)13-6-8-17-9-7-13/h6-11,14,19H,3-5H2,1-2H3. The number of hydrogen-bond donors (Lipinski definition) is 1. The fourth-order valence-electron chi connectivity index (χ4n) is 2.56. The van der Waals surface area contributed by atoms with Gasteiger partial charge in [0.25, 0.3) is 0 Å². The van der Waals surface area contributed by atoms with Crippen molar-refractivity contribution in [2.75, 3.05) is 0 Å². The summed E-state index contributed by atoms with van der Waals surface area (Å²) >= 11 is 0. The van der Waals surface area contributed by atoms with E-state index in [4.69, 9.17) is 0 Å². The summed E-state index contributed by atoms with van der Waals surface area (Å²) in [5.74, 6) is 0.768. The van der Waals surface area contributed by atoms with Crippen molar-refractivity contribution >= 4 is 0 Å². The molecule has 3 rings (SSSR count). The lowest BCUT2D eigenvalue weighted by molar-refractivity contribution is 0.312. The highest BCUT2D eigenvalue weighted by Crippen LogP contribution is 2.24. The molecule has 0 amide bonds. The molecule has 2 heterocycles. The zero-order valence-corrected chi connectivity index (χ0v) is 12.0. The number of rotatable bonds is 4. The average Bonchev–Trinajstić information content (AvgIpc) is 2.43. The van der Waals surface area contributed by atoms with Crippen LogP contribution in [0.25, 0.3) is 11.4 Å². The van der Waals surface area contributed by atoms with E-state index in [1.54, 1.807) is 12.4 Å². The van der Waals surface area contributed by atoms with Crippen LogP contribution in [-0.2, 0) is 0 Å². The van der Waals surface area contributed by atoms with Gasteiger partial charge in [-0.2, -0.15) is 0 Å². The fourth-order valence-corrected chi connectivity index (χ4v) is 2.56. The maximum absolute atomic E-state index is 4.64. The van der Waals surface area contributed by atoms with Crippen LogP contribution in [0.1, 0.15) is 43.5 Å². The van der Waals surface area contributed by atoms with Gasteiger partial charge in [-0.25, -0.2) is 9.97 Å². The second-order valence-corrected chi connectivity index (χ2v) is 5.49. The molecule has 1 unspecified atom stereocenters. The molecule has 1 aliphatic rings. The second kappa shape index (κ2) is 5.67. The van der Waals surface area contributed by atoms with Crippen LogP contribution in [0.5, 0.6) is 0 Å². The first kappa shape index (κ1) is 13.2. The Labute approximate surface area is 119 Å². The van der Waals surface area contributed by atoms with Gasteiger partial charge in [-0.3, -0.25) is 4.98 Å². The van der Waals surface area contributed by atoms with E-state index >= 15 is 0 Å². The molecule has 104 valence electrons. The molecular weight excluding hydrogens is 248 g/mol. The summed E-state index contributed by atoms with van der Waals surface area (Å²) in [5, 5.41) is 3.64. The smallest absolute Gasteiger partial charge is 0.159 e. The third-order valence-corrected chi connectivity index (χ3v) is 4.01. The van der Waals surface area contributed by atoms with Gasteiger partial charge in [0.1, 0.15) is 0 Å². The van der Waals surface area contributed by atoms with E-state index in [2.05, 4.69) is 34.1 Å². The van der Waals surface area contributed by atoms with Gasteiger partial charge < -0.3 is 5.32 Å². The highest BCUT2D eigenvalue weighted by Gasteiger charge is 2.21. The van der Waals surface area contributed by atoms with Crippen molar-refractivity contribution in [2.24, 2.45) is 0 Å². The molecular formula is C16H20N4. The lowest BCUT2D eigenvalue weighted by Gasteiger charge is -2.30. The number of hydrogen-bond acceptors (Lipinski definition) is 4. The van der Waals surface area contributed by atoms with E-state index in [9.17, 15) is 0 Å². The van der Waals surface area contributed by atoms with Gasteiger partial charge in [0, 0.05) is 47.5 Å². The molecule has 0 aromatic carbocycles. The molecule has 20 heavy (non-hydrogen) atoms. The zero-order valence-electron chi connectivity index (χ0n) is 12.0. The third kappa shape index (κ3) is 2.70. The molecule has 0 saturated heterocycles.